The van der Waals surface area contributed by atoms with Crippen molar-refractivity contribution in [1.29, 1.82) is 0 Å². The highest BCUT2D eigenvalue weighted by Crippen LogP contribution is 2.09. The molecule has 0 aliphatic heterocycles. The van der Waals surface area contributed by atoms with Crippen molar-refractivity contribution in [2.45, 2.75) is 32.7 Å². The predicted molar refractivity (Wildman–Crippen MR) is 75.1 cm³/mol. The summed E-state index contributed by atoms with van der Waals surface area (Å²) in [5, 5.41) is 7.80. The summed E-state index contributed by atoms with van der Waals surface area (Å²) >= 11 is 1.39. The van der Waals surface area contributed by atoms with E-state index in [9.17, 15) is 9.59 Å². The Hall–Kier alpha value is -1.47. The quantitative estimate of drug-likeness (QED) is 0.724. The molecule has 1 aromatic heterocycles. The Morgan fingerprint density at radius 2 is 2.11 bits per heavy atom. The summed E-state index contributed by atoms with van der Waals surface area (Å²) in [7, 11) is 0. The lowest BCUT2D eigenvalue weighted by Gasteiger charge is -2.20. The van der Waals surface area contributed by atoms with Gasteiger partial charge in [-0.05, 0) is 27.3 Å². The fourth-order valence-corrected chi connectivity index (χ4v) is 2.16. The lowest BCUT2D eigenvalue weighted by atomic mass is 10.1. The molecule has 0 atom stereocenters. The van der Waals surface area contributed by atoms with Crippen LogP contribution in [-0.4, -0.2) is 35.4 Å². The predicted octanol–water partition coefficient (Wildman–Crippen LogP) is 0.289. The van der Waals surface area contributed by atoms with Gasteiger partial charge in [0.05, 0.1) is 11.6 Å². The van der Waals surface area contributed by atoms with Crippen molar-refractivity contribution in [2.75, 3.05) is 13.1 Å². The van der Waals surface area contributed by atoms with Gasteiger partial charge in [0, 0.05) is 17.3 Å². The standard InChI is InChI=1S/C12H20N4O2S/c1-12(2,3)16-9(17)6-14-11(18)8-7-19-10(15-8)4-5-13/h7H,4-6,13H2,1-3H3,(H,14,18)(H,16,17). The van der Waals surface area contributed by atoms with Crippen LogP contribution in [0.1, 0.15) is 36.3 Å². The van der Waals surface area contributed by atoms with Gasteiger partial charge in [0.15, 0.2) is 0 Å². The van der Waals surface area contributed by atoms with Crippen LogP contribution in [0.5, 0.6) is 0 Å². The molecule has 0 saturated carbocycles. The number of amides is 2. The second kappa shape index (κ2) is 6.63. The van der Waals surface area contributed by atoms with E-state index in [1.54, 1.807) is 5.38 Å². The van der Waals surface area contributed by atoms with Crippen molar-refractivity contribution in [3.8, 4) is 0 Å². The molecule has 1 aromatic rings. The van der Waals surface area contributed by atoms with E-state index < -0.39 is 0 Å². The molecule has 0 fully saturated rings. The Morgan fingerprint density at radius 3 is 2.68 bits per heavy atom. The summed E-state index contributed by atoms with van der Waals surface area (Å²) < 4.78 is 0. The first kappa shape index (κ1) is 15.6. The number of hydrogen-bond acceptors (Lipinski definition) is 5. The minimum Gasteiger partial charge on any atom is -0.350 e. The molecule has 0 saturated heterocycles. The number of thiazole rings is 1. The van der Waals surface area contributed by atoms with Gasteiger partial charge >= 0.3 is 0 Å². The Bertz CT molecular complexity index is 451. The van der Waals surface area contributed by atoms with Crippen molar-refractivity contribution in [3.63, 3.8) is 0 Å². The van der Waals surface area contributed by atoms with Gasteiger partial charge in [-0.1, -0.05) is 0 Å². The molecule has 4 N–H and O–H groups in total. The molecule has 0 spiro atoms. The summed E-state index contributed by atoms with van der Waals surface area (Å²) in [5.41, 5.74) is 5.44. The van der Waals surface area contributed by atoms with Crippen LogP contribution in [-0.2, 0) is 11.2 Å². The van der Waals surface area contributed by atoms with Gasteiger partial charge in [0.2, 0.25) is 5.91 Å². The van der Waals surface area contributed by atoms with E-state index in [-0.39, 0.29) is 23.9 Å². The lowest BCUT2D eigenvalue weighted by molar-refractivity contribution is -0.121. The van der Waals surface area contributed by atoms with E-state index in [0.717, 1.165) is 5.01 Å². The first-order valence-electron chi connectivity index (χ1n) is 6.05. The van der Waals surface area contributed by atoms with E-state index in [1.807, 2.05) is 20.8 Å². The Balaban J connectivity index is 2.44. The fraction of sp³-hybridized carbons (Fsp3) is 0.583. The minimum atomic E-state index is -0.344. The van der Waals surface area contributed by atoms with Crippen LogP contribution in [0.25, 0.3) is 0 Å². The van der Waals surface area contributed by atoms with Crippen LogP contribution in [0.15, 0.2) is 5.38 Å². The summed E-state index contributed by atoms with van der Waals surface area (Å²) in [6, 6.07) is 0. The molecule has 0 aromatic carbocycles. The maximum absolute atomic E-state index is 11.8. The fourth-order valence-electron chi connectivity index (χ4n) is 1.37. The van der Waals surface area contributed by atoms with Gasteiger partial charge in [-0.2, -0.15) is 0 Å². The second-order valence-electron chi connectivity index (χ2n) is 5.15. The van der Waals surface area contributed by atoms with Crippen molar-refractivity contribution >= 4 is 23.2 Å². The van der Waals surface area contributed by atoms with Crippen LogP contribution in [0.2, 0.25) is 0 Å². The van der Waals surface area contributed by atoms with Crippen molar-refractivity contribution in [3.05, 3.63) is 16.1 Å². The number of rotatable bonds is 5. The van der Waals surface area contributed by atoms with Gasteiger partial charge in [-0.25, -0.2) is 4.98 Å². The van der Waals surface area contributed by atoms with Crippen LogP contribution >= 0.6 is 11.3 Å². The molecule has 0 unspecified atom stereocenters. The molecule has 0 bridgehead atoms. The van der Waals surface area contributed by atoms with Gasteiger partial charge < -0.3 is 16.4 Å². The molecule has 0 aliphatic carbocycles. The second-order valence-corrected chi connectivity index (χ2v) is 6.09. The molecule has 1 rings (SSSR count). The highest BCUT2D eigenvalue weighted by atomic mass is 32.1. The number of hydrogen-bond donors (Lipinski definition) is 3. The smallest absolute Gasteiger partial charge is 0.271 e. The number of nitrogens with zero attached hydrogens (tertiary/aromatic N) is 1. The molecule has 0 radical (unpaired) electrons. The molecular formula is C12H20N4O2S. The molecule has 1 heterocycles. The zero-order valence-corrected chi connectivity index (χ0v) is 12.3. The third-order valence-electron chi connectivity index (χ3n) is 2.07. The van der Waals surface area contributed by atoms with Crippen LogP contribution in [0.3, 0.4) is 0 Å². The summed E-state index contributed by atoms with van der Waals surface area (Å²) in [5.74, 6) is -0.568. The molecule has 2 amide bonds. The van der Waals surface area contributed by atoms with Crippen molar-refractivity contribution in [2.24, 2.45) is 5.73 Å². The maximum Gasteiger partial charge on any atom is 0.271 e. The molecule has 6 nitrogen and oxygen atoms in total. The van der Waals surface area contributed by atoms with E-state index >= 15 is 0 Å². The van der Waals surface area contributed by atoms with Gasteiger partial charge in [-0.15, -0.1) is 11.3 Å². The van der Waals surface area contributed by atoms with Crippen molar-refractivity contribution in [1.82, 2.24) is 15.6 Å². The molecule has 19 heavy (non-hydrogen) atoms. The monoisotopic (exact) mass is 284 g/mol. The Morgan fingerprint density at radius 1 is 1.42 bits per heavy atom. The average Bonchev–Trinajstić information content (AvgIpc) is 2.73. The third kappa shape index (κ3) is 5.80. The van der Waals surface area contributed by atoms with E-state index in [1.165, 1.54) is 11.3 Å². The molecular weight excluding hydrogens is 264 g/mol. The number of nitrogens with one attached hydrogen (secondary N) is 2. The van der Waals surface area contributed by atoms with Gasteiger partial charge in [0.1, 0.15) is 5.69 Å². The van der Waals surface area contributed by atoms with Gasteiger partial charge in [-0.3, -0.25) is 9.59 Å². The Kier molecular flexibility index (Phi) is 5.44. The zero-order chi connectivity index (χ0) is 14.5. The third-order valence-corrected chi connectivity index (χ3v) is 2.98. The Labute approximate surface area is 116 Å². The van der Waals surface area contributed by atoms with Crippen LogP contribution in [0, 0.1) is 0 Å². The van der Waals surface area contributed by atoms with Gasteiger partial charge in [0.25, 0.3) is 5.91 Å². The molecule has 106 valence electrons. The highest BCUT2D eigenvalue weighted by molar-refractivity contribution is 7.09. The number of carbonyl (C=O) groups excluding carboxylic acids is 2. The summed E-state index contributed by atoms with van der Waals surface area (Å²) in [6.07, 6.45) is 0.655. The topological polar surface area (TPSA) is 97.1 Å². The van der Waals surface area contributed by atoms with E-state index in [2.05, 4.69) is 15.6 Å². The van der Waals surface area contributed by atoms with E-state index in [0.29, 0.717) is 18.7 Å². The zero-order valence-electron chi connectivity index (χ0n) is 11.4. The normalized spacial score (nSPS) is 11.2. The first-order chi connectivity index (χ1) is 8.81. The summed E-state index contributed by atoms with van der Waals surface area (Å²) in [6.45, 7) is 6.09. The number of aromatic nitrogens is 1. The number of nitrogens with two attached hydrogens (primary N) is 1. The van der Waals surface area contributed by atoms with Crippen molar-refractivity contribution < 1.29 is 9.59 Å². The summed E-state index contributed by atoms with van der Waals surface area (Å²) in [4.78, 5) is 27.4. The SMILES string of the molecule is CC(C)(C)NC(=O)CNC(=O)c1csc(CCN)n1. The molecule has 7 heteroatoms. The van der Waals surface area contributed by atoms with Crippen LogP contribution in [0.4, 0.5) is 0 Å². The highest BCUT2D eigenvalue weighted by Gasteiger charge is 2.15. The van der Waals surface area contributed by atoms with E-state index in [4.69, 9.17) is 5.73 Å². The number of carbonyl (C=O) groups is 2. The molecule has 0 aliphatic rings. The van der Waals surface area contributed by atoms with Crippen LogP contribution < -0.4 is 16.4 Å². The largest absolute Gasteiger partial charge is 0.350 e. The minimum absolute atomic E-state index is 0.0557. The lowest BCUT2D eigenvalue weighted by Crippen LogP contribution is -2.45. The first-order valence-corrected chi connectivity index (χ1v) is 6.93. The maximum atomic E-state index is 11.8. The average molecular weight is 284 g/mol.